The van der Waals surface area contributed by atoms with Crippen molar-refractivity contribution in [2.45, 2.75) is 39.2 Å². The van der Waals surface area contributed by atoms with Gasteiger partial charge in [0.15, 0.2) is 10.4 Å². The standard InChI is InChI=1S/C14H18ClN3S/c1-8-3-4-11(5-9(8)2)18-13-12(17-14(18)19)6-10(15)7-16-13/h6-9,11H,3-5H2,1-2H3,(H,17,19). The fraction of sp³-hybridized carbons (Fsp3) is 0.571. The summed E-state index contributed by atoms with van der Waals surface area (Å²) in [5.74, 6) is 1.54. The molecule has 1 N–H and O–H groups in total. The molecule has 3 unspecified atom stereocenters. The molecule has 0 aliphatic heterocycles. The molecule has 2 aromatic heterocycles. The molecule has 0 saturated heterocycles. The molecule has 5 heteroatoms. The molecular formula is C14H18ClN3S. The largest absolute Gasteiger partial charge is 0.329 e. The van der Waals surface area contributed by atoms with E-state index >= 15 is 0 Å². The lowest BCUT2D eigenvalue weighted by atomic mass is 9.79. The van der Waals surface area contributed by atoms with E-state index in [0.717, 1.165) is 27.8 Å². The van der Waals surface area contributed by atoms with Gasteiger partial charge in [0.25, 0.3) is 0 Å². The first-order valence-corrected chi connectivity index (χ1v) is 7.60. The Hall–Kier alpha value is -0.870. The van der Waals surface area contributed by atoms with E-state index < -0.39 is 0 Å². The predicted octanol–water partition coefficient (Wildman–Crippen LogP) is 4.74. The van der Waals surface area contributed by atoms with Gasteiger partial charge in [0.1, 0.15) is 0 Å². The molecule has 0 bridgehead atoms. The van der Waals surface area contributed by atoms with Gasteiger partial charge in [-0.25, -0.2) is 4.98 Å². The van der Waals surface area contributed by atoms with Crippen LogP contribution in [0.1, 0.15) is 39.2 Å². The summed E-state index contributed by atoms with van der Waals surface area (Å²) in [6.07, 6.45) is 5.30. The number of imidazole rings is 1. The van der Waals surface area contributed by atoms with Gasteiger partial charge in [0, 0.05) is 12.2 Å². The van der Waals surface area contributed by atoms with Crippen molar-refractivity contribution in [2.75, 3.05) is 0 Å². The van der Waals surface area contributed by atoms with Gasteiger partial charge in [0.05, 0.1) is 10.5 Å². The molecule has 1 aliphatic carbocycles. The summed E-state index contributed by atoms with van der Waals surface area (Å²) in [6, 6.07) is 2.35. The van der Waals surface area contributed by atoms with Crippen molar-refractivity contribution in [3.8, 4) is 0 Å². The van der Waals surface area contributed by atoms with Gasteiger partial charge in [-0.05, 0) is 49.4 Å². The summed E-state index contributed by atoms with van der Waals surface area (Å²) < 4.78 is 2.94. The normalized spacial score (nSPS) is 27.8. The zero-order valence-electron chi connectivity index (χ0n) is 11.2. The van der Waals surface area contributed by atoms with Crippen molar-refractivity contribution >= 4 is 35.0 Å². The minimum atomic E-state index is 0.459. The Morgan fingerprint density at radius 1 is 1.37 bits per heavy atom. The highest BCUT2D eigenvalue weighted by Gasteiger charge is 2.27. The first-order valence-electron chi connectivity index (χ1n) is 6.82. The van der Waals surface area contributed by atoms with Gasteiger partial charge in [-0.15, -0.1) is 0 Å². The second-order valence-corrected chi connectivity index (χ2v) is 6.57. The molecule has 3 nitrogen and oxygen atoms in total. The van der Waals surface area contributed by atoms with Crippen LogP contribution in [-0.4, -0.2) is 14.5 Å². The predicted molar refractivity (Wildman–Crippen MR) is 81.1 cm³/mol. The number of hydrogen-bond donors (Lipinski definition) is 1. The molecule has 1 fully saturated rings. The Labute approximate surface area is 123 Å². The lowest BCUT2D eigenvalue weighted by Gasteiger charge is -2.32. The Balaban J connectivity index is 2.05. The van der Waals surface area contributed by atoms with E-state index in [9.17, 15) is 0 Å². The Morgan fingerprint density at radius 3 is 2.89 bits per heavy atom. The number of aromatic nitrogens is 3. The lowest BCUT2D eigenvalue weighted by molar-refractivity contribution is 0.212. The molecule has 0 aromatic carbocycles. The van der Waals surface area contributed by atoms with Crippen molar-refractivity contribution in [1.82, 2.24) is 14.5 Å². The third kappa shape index (κ3) is 2.32. The van der Waals surface area contributed by atoms with Gasteiger partial charge in [0.2, 0.25) is 0 Å². The second-order valence-electron chi connectivity index (χ2n) is 5.75. The van der Waals surface area contributed by atoms with Crippen LogP contribution in [0.4, 0.5) is 0 Å². The zero-order valence-corrected chi connectivity index (χ0v) is 12.8. The molecule has 2 aromatic rings. The summed E-state index contributed by atoms with van der Waals surface area (Å²) >= 11 is 11.5. The number of pyridine rings is 1. The molecule has 0 spiro atoms. The van der Waals surface area contributed by atoms with Crippen molar-refractivity contribution in [3.63, 3.8) is 0 Å². The summed E-state index contributed by atoms with van der Waals surface area (Å²) in [4.78, 5) is 7.68. The topological polar surface area (TPSA) is 33.6 Å². The molecule has 0 amide bonds. The molecule has 3 rings (SSSR count). The Bertz CT molecular complexity index is 660. The quantitative estimate of drug-likeness (QED) is 0.771. The summed E-state index contributed by atoms with van der Waals surface area (Å²) in [5.41, 5.74) is 1.87. The minimum Gasteiger partial charge on any atom is -0.329 e. The van der Waals surface area contributed by atoms with Gasteiger partial charge in [-0.1, -0.05) is 25.4 Å². The number of rotatable bonds is 1. The number of nitrogens with zero attached hydrogens (tertiary/aromatic N) is 2. The van der Waals surface area contributed by atoms with Crippen LogP contribution in [0.2, 0.25) is 5.02 Å². The highest BCUT2D eigenvalue weighted by atomic mass is 35.5. The van der Waals surface area contributed by atoms with Crippen LogP contribution in [0.15, 0.2) is 12.3 Å². The zero-order chi connectivity index (χ0) is 13.6. The van der Waals surface area contributed by atoms with Crippen LogP contribution < -0.4 is 0 Å². The number of fused-ring (bicyclic) bond motifs is 1. The monoisotopic (exact) mass is 295 g/mol. The number of H-pyrrole nitrogens is 1. The average Bonchev–Trinajstić information content (AvgIpc) is 2.68. The Kier molecular flexibility index (Phi) is 3.39. The molecule has 1 saturated carbocycles. The van der Waals surface area contributed by atoms with Crippen LogP contribution in [0, 0.1) is 16.6 Å². The maximum Gasteiger partial charge on any atom is 0.179 e. The smallest absolute Gasteiger partial charge is 0.179 e. The van der Waals surface area contributed by atoms with Crippen molar-refractivity contribution in [1.29, 1.82) is 0 Å². The van der Waals surface area contributed by atoms with Crippen LogP contribution in [0.3, 0.4) is 0 Å². The summed E-state index contributed by atoms with van der Waals surface area (Å²) in [7, 11) is 0. The van der Waals surface area contributed by atoms with Crippen LogP contribution in [0.25, 0.3) is 11.2 Å². The summed E-state index contributed by atoms with van der Waals surface area (Å²) in [6.45, 7) is 4.67. The number of hydrogen-bond acceptors (Lipinski definition) is 2. The fourth-order valence-corrected chi connectivity index (χ4v) is 3.58. The average molecular weight is 296 g/mol. The highest BCUT2D eigenvalue weighted by molar-refractivity contribution is 7.71. The van der Waals surface area contributed by atoms with Crippen LogP contribution >= 0.6 is 23.8 Å². The van der Waals surface area contributed by atoms with E-state index in [4.69, 9.17) is 23.8 Å². The molecule has 3 atom stereocenters. The first-order chi connectivity index (χ1) is 9.06. The molecule has 19 heavy (non-hydrogen) atoms. The first kappa shape index (κ1) is 13.1. The fourth-order valence-electron chi connectivity index (χ4n) is 3.08. The molecule has 102 valence electrons. The summed E-state index contributed by atoms with van der Waals surface area (Å²) in [5, 5.41) is 0.640. The number of aromatic amines is 1. The number of halogens is 1. The maximum atomic E-state index is 5.98. The Morgan fingerprint density at radius 2 is 2.16 bits per heavy atom. The van der Waals surface area contributed by atoms with E-state index in [1.807, 2.05) is 6.07 Å². The van der Waals surface area contributed by atoms with Gasteiger partial charge < -0.3 is 4.98 Å². The highest BCUT2D eigenvalue weighted by Crippen LogP contribution is 2.37. The molecule has 0 radical (unpaired) electrons. The van der Waals surface area contributed by atoms with E-state index in [0.29, 0.717) is 11.1 Å². The number of nitrogens with one attached hydrogen (secondary N) is 1. The van der Waals surface area contributed by atoms with Crippen molar-refractivity contribution in [3.05, 3.63) is 22.1 Å². The molecule has 2 heterocycles. The van der Waals surface area contributed by atoms with Crippen LogP contribution in [0.5, 0.6) is 0 Å². The lowest BCUT2D eigenvalue weighted by Crippen LogP contribution is -2.23. The SMILES string of the molecule is CC1CCC(n2c(=S)[nH]c3cc(Cl)cnc32)CC1C. The third-order valence-electron chi connectivity index (χ3n) is 4.46. The third-order valence-corrected chi connectivity index (χ3v) is 4.96. The van der Waals surface area contributed by atoms with E-state index in [1.165, 1.54) is 19.3 Å². The van der Waals surface area contributed by atoms with Crippen molar-refractivity contribution in [2.24, 2.45) is 11.8 Å². The van der Waals surface area contributed by atoms with Crippen molar-refractivity contribution < 1.29 is 0 Å². The van der Waals surface area contributed by atoms with E-state index in [1.54, 1.807) is 6.20 Å². The van der Waals surface area contributed by atoms with Crippen LogP contribution in [-0.2, 0) is 0 Å². The minimum absolute atomic E-state index is 0.459. The van der Waals surface area contributed by atoms with Gasteiger partial charge in [-0.3, -0.25) is 4.57 Å². The van der Waals surface area contributed by atoms with E-state index in [2.05, 4.69) is 28.4 Å². The van der Waals surface area contributed by atoms with Gasteiger partial charge in [-0.2, -0.15) is 0 Å². The molecular weight excluding hydrogens is 278 g/mol. The maximum absolute atomic E-state index is 5.98. The van der Waals surface area contributed by atoms with E-state index in [-0.39, 0.29) is 0 Å². The van der Waals surface area contributed by atoms with Gasteiger partial charge >= 0.3 is 0 Å². The molecule has 1 aliphatic rings. The second kappa shape index (κ2) is 4.91.